The van der Waals surface area contributed by atoms with Crippen LogP contribution >= 0.6 is 24.8 Å². The summed E-state index contributed by atoms with van der Waals surface area (Å²) >= 11 is 0. The maximum Gasteiger partial charge on any atom is 0.0205 e. The molecule has 156 valence electrons. The Bertz CT molecular complexity index is 632. The van der Waals surface area contributed by atoms with E-state index in [-0.39, 0.29) is 24.8 Å². The fraction of sp³-hybridized carbons (Fsp3) is 0.500. The largest absolute Gasteiger partial charge is 0.312 e. The van der Waals surface area contributed by atoms with Gasteiger partial charge in [-0.05, 0) is 69.2 Å². The van der Waals surface area contributed by atoms with Gasteiger partial charge in [-0.2, -0.15) is 0 Å². The van der Waals surface area contributed by atoms with Crippen LogP contribution in [-0.2, 0) is 13.1 Å². The van der Waals surface area contributed by atoms with Crippen molar-refractivity contribution in [1.82, 2.24) is 10.6 Å². The molecule has 0 heterocycles. The lowest BCUT2D eigenvalue weighted by Gasteiger charge is -2.29. The average molecular weight is 423 g/mol. The second kappa shape index (κ2) is 13.2. The molecule has 1 fully saturated rings. The van der Waals surface area contributed by atoms with E-state index in [0.29, 0.717) is 0 Å². The predicted octanol–water partition coefficient (Wildman–Crippen LogP) is 5.83. The maximum atomic E-state index is 3.69. The molecule has 28 heavy (non-hydrogen) atoms. The van der Waals surface area contributed by atoms with E-state index in [1.165, 1.54) is 47.9 Å². The van der Waals surface area contributed by atoms with Crippen LogP contribution in [0.1, 0.15) is 47.9 Å². The summed E-state index contributed by atoms with van der Waals surface area (Å²) in [5.41, 5.74) is 5.50. The number of aryl methyl sites for hydroxylation is 2. The lowest BCUT2D eigenvalue weighted by atomic mass is 9.81. The molecule has 0 spiro atoms. The van der Waals surface area contributed by atoms with E-state index in [0.717, 1.165) is 38.0 Å². The van der Waals surface area contributed by atoms with E-state index < -0.39 is 0 Å². The van der Waals surface area contributed by atoms with Gasteiger partial charge in [-0.15, -0.1) is 24.8 Å². The summed E-state index contributed by atoms with van der Waals surface area (Å²) in [7, 11) is 0. The smallest absolute Gasteiger partial charge is 0.0205 e. The van der Waals surface area contributed by atoms with Crippen LogP contribution in [0.2, 0.25) is 0 Å². The van der Waals surface area contributed by atoms with Crippen molar-refractivity contribution in [2.24, 2.45) is 11.8 Å². The lowest BCUT2D eigenvalue weighted by molar-refractivity contribution is 0.252. The number of rotatable bonds is 8. The maximum absolute atomic E-state index is 3.69. The normalized spacial score (nSPS) is 18.8. The third-order valence-electron chi connectivity index (χ3n) is 5.58. The van der Waals surface area contributed by atoms with Gasteiger partial charge in [-0.1, -0.05) is 66.1 Å². The van der Waals surface area contributed by atoms with Gasteiger partial charge in [0.2, 0.25) is 0 Å². The zero-order valence-corrected chi connectivity index (χ0v) is 18.9. The minimum Gasteiger partial charge on any atom is -0.312 e. The Kier molecular flexibility index (Phi) is 11.8. The van der Waals surface area contributed by atoms with Gasteiger partial charge >= 0.3 is 0 Å². The molecule has 0 radical (unpaired) electrons. The first-order chi connectivity index (χ1) is 12.7. The van der Waals surface area contributed by atoms with Crippen LogP contribution in [0.3, 0.4) is 0 Å². The van der Waals surface area contributed by atoms with Crippen LogP contribution in [0.25, 0.3) is 0 Å². The number of hydrogen-bond acceptors (Lipinski definition) is 2. The molecule has 0 bridgehead atoms. The Morgan fingerprint density at radius 2 is 1.21 bits per heavy atom. The minimum atomic E-state index is 0. The standard InChI is InChI=1S/C24H34N2.2ClH/c1-19-6-3-8-21(12-19)15-25-17-23-10-5-11-24(14-23)18-26-16-22-9-4-7-20(2)13-22;;/h3-4,6-9,12-13,23-26H,5,10-11,14-18H2,1-2H3;2*1H. The zero-order valence-electron chi connectivity index (χ0n) is 17.2. The molecule has 4 heteroatoms. The quantitative estimate of drug-likeness (QED) is 0.558. The number of halogens is 2. The number of hydrogen-bond donors (Lipinski definition) is 2. The summed E-state index contributed by atoms with van der Waals surface area (Å²) in [6.45, 7) is 8.63. The van der Waals surface area contributed by atoms with Crippen LogP contribution in [0.5, 0.6) is 0 Å². The molecule has 2 unspecified atom stereocenters. The highest BCUT2D eigenvalue weighted by atomic mass is 35.5. The molecule has 2 aromatic rings. The Hall–Kier alpha value is -1.06. The highest BCUT2D eigenvalue weighted by molar-refractivity contribution is 5.85. The van der Waals surface area contributed by atoms with Crippen molar-refractivity contribution >= 4 is 24.8 Å². The average Bonchev–Trinajstić information content (AvgIpc) is 2.62. The first-order valence-corrected chi connectivity index (χ1v) is 10.2. The highest BCUT2D eigenvalue weighted by Crippen LogP contribution is 2.28. The summed E-state index contributed by atoms with van der Waals surface area (Å²) in [5, 5.41) is 7.37. The Labute approximate surface area is 183 Å². The van der Waals surface area contributed by atoms with Gasteiger partial charge in [-0.25, -0.2) is 0 Å². The van der Waals surface area contributed by atoms with Gasteiger partial charge in [0.1, 0.15) is 0 Å². The predicted molar refractivity (Wildman–Crippen MR) is 126 cm³/mol. The topological polar surface area (TPSA) is 24.1 Å². The minimum absolute atomic E-state index is 0. The zero-order chi connectivity index (χ0) is 18.2. The molecular weight excluding hydrogens is 387 g/mol. The second-order valence-corrected chi connectivity index (χ2v) is 8.14. The van der Waals surface area contributed by atoms with E-state index >= 15 is 0 Å². The van der Waals surface area contributed by atoms with E-state index in [1.54, 1.807) is 0 Å². The second-order valence-electron chi connectivity index (χ2n) is 8.14. The van der Waals surface area contributed by atoms with Crippen molar-refractivity contribution in [2.45, 2.75) is 52.6 Å². The Balaban J connectivity index is 0.00000196. The molecule has 1 aliphatic carbocycles. The van der Waals surface area contributed by atoms with Crippen molar-refractivity contribution < 1.29 is 0 Å². The molecule has 2 N–H and O–H groups in total. The number of benzene rings is 2. The van der Waals surface area contributed by atoms with Gasteiger partial charge in [0.15, 0.2) is 0 Å². The van der Waals surface area contributed by atoms with E-state index in [9.17, 15) is 0 Å². The summed E-state index contributed by atoms with van der Waals surface area (Å²) in [6, 6.07) is 17.7. The molecule has 2 aromatic carbocycles. The SMILES string of the molecule is Cc1cccc(CNCC2CCCC(CNCc3cccc(C)c3)C2)c1.Cl.Cl. The van der Waals surface area contributed by atoms with Gasteiger partial charge in [0.25, 0.3) is 0 Å². The fourth-order valence-electron chi connectivity index (χ4n) is 4.26. The molecule has 0 aliphatic heterocycles. The molecule has 0 saturated heterocycles. The molecule has 2 atom stereocenters. The van der Waals surface area contributed by atoms with Crippen LogP contribution in [0.15, 0.2) is 48.5 Å². The third kappa shape index (κ3) is 8.53. The van der Waals surface area contributed by atoms with Crippen LogP contribution < -0.4 is 10.6 Å². The van der Waals surface area contributed by atoms with Crippen molar-refractivity contribution in [3.8, 4) is 0 Å². The fourth-order valence-corrected chi connectivity index (χ4v) is 4.26. The van der Waals surface area contributed by atoms with Crippen molar-refractivity contribution in [2.75, 3.05) is 13.1 Å². The molecule has 3 rings (SSSR count). The molecule has 0 aromatic heterocycles. The monoisotopic (exact) mass is 422 g/mol. The molecule has 1 aliphatic rings. The third-order valence-corrected chi connectivity index (χ3v) is 5.58. The summed E-state index contributed by atoms with van der Waals surface area (Å²) in [6.07, 6.45) is 5.51. The first kappa shape index (κ1) is 25.0. The first-order valence-electron chi connectivity index (χ1n) is 10.2. The molecule has 2 nitrogen and oxygen atoms in total. The molecule has 0 amide bonds. The van der Waals surface area contributed by atoms with Crippen LogP contribution in [0.4, 0.5) is 0 Å². The van der Waals surface area contributed by atoms with Crippen LogP contribution in [0, 0.1) is 25.7 Å². The van der Waals surface area contributed by atoms with E-state index in [4.69, 9.17) is 0 Å². The Morgan fingerprint density at radius 1 is 0.750 bits per heavy atom. The summed E-state index contributed by atoms with van der Waals surface area (Å²) in [4.78, 5) is 0. The van der Waals surface area contributed by atoms with Gasteiger partial charge < -0.3 is 10.6 Å². The Morgan fingerprint density at radius 3 is 1.64 bits per heavy atom. The van der Waals surface area contributed by atoms with Crippen LogP contribution in [-0.4, -0.2) is 13.1 Å². The van der Waals surface area contributed by atoms with Gasteiger partial charge in [0, 0.05) is 13.1 Å². The molecular formula is C24H36Cl2N2. The lowest BCUT2D eigenvalue weighted by Crippen LogP contribution is -2.31. The molecule has 1 saturated carbocycles. The van der Waals surface area contributed by atoms with E-state index in [1.807, 2.05) is 0 Å². The van der Waals surface area contributed by atoms with Crippen molar-refractivity contribution in [3.63, 3.8) is 0 Å². The summed E-state index contributed by atoms with van der Waals surface area (Å²) < 4.78 is 0. The van der Waals surface area contributed by atoms with Crippen molar-refractivity contribution in [1.29, 1.82) is 0 Å². The van der Waals surface area contributed by atoms with E-state index in [2.05, 4.69) is 73.0 Å². The van der Waals surface area contributed by atoms with Gasteiger partial charge in [-0.3, -0.25) is 0 Å². The summed E-state index contributed by atoms with van der Waals surface area (Å²) in [5.74, 6) is 1.67. The number of nitrogens with one attached hydrogen (secondary N) is 2. The highest BCUT2D eigenvalue weighted by Gasteiger charge is 2.21. The van der Waals surface area contributed by atoms with Crippen molar-refractivity contribution in [3.05, 3.63) is 70.8 Å². The van der Waals surface area contributed by atoms with Gasteiger partial charge in [0.05, 0.1) is 0 Å².